The van der Waals surface area contributed by atoms with E-state index in [0.717, 1.165) is 0 Å². The molecular weight excluding hydrogens is 210 g/mol. The maximum absolute atomic E-state index is 11.5. The molecule has 16 heavy (non-hydrogen) atoms. The fraction of sp³-hybridized carbons (Fsp3) is 0.273. The number of methoxy groups -OCH3 is 1. The van der Waals surface area contributed by atoms with Crippen LogP contribution >= 0.6 is 0 Å². The Kier molecular flexibility index (Phi) is 2.76. The van der Waals surface area contributed by atoms with Crippen molar-refractivity contribution in [3.63, 3.8) is 0 Å². The minimum Gasteiger partial charge on any atom is -0.469 e. The van der Waals surface area contributed by atoms with E-state index in [1.54, 1.807) is 18.2 Å². The van der Waals surface area contributed by atoms with Crippen LogP contribution in [0.1, 0.15) is 6.42 Å². The van der Waals surface area contributed by atoms with Gasteiger partial charge in [0.2, 0.25) is 0 Å². The summed E-state index contributed by atoms with van der Waals surface area (Å²) in [5.41, 5.74) is 0.705. The molecule has 0 amide bonds. The van der Waals surface area contributed by atoms with Crippen molar-refractivity contribution < 1.29 is 19.1 Å². The lowest BCUT2D eigenvalue weighted by atomic mass is 10.1. The fourth-order valence-electron chi connectivity index (χ4n) is 1.49. The number of para-hydroxylation sites is 2. The highest BCUT2D eigenvalue weighted by atomic mass is 16.5. The number of esters is 2. The lowest BCUT2D eigenvalue weighted by molar-refractivity contribution is -0.145. The molecule has 0 aliphatic carbocycles. The predicted octanol–water partition coefficient (Wildman–Crippen LogP) is 0.949. The summed E-state index contributed by atoms with van der Waals surface area (Å²) in [6.07, 6.45) is -0.0380. The Hall–Kier alpha value is -2.04. The molecule has 0 bridgehead atoms. The fourth-order valence-corrected chi connectivity index (χ4v) is 1.49. The summed E-state index contributed by atoms with van der Waals surface area (Å²) in [5.74, 6) is -0.438. The number of benzene rings is 1. The Morgan fingerprint density at radius 1 is 1.50 bits per heavy atom. The second kappa shape index (κ2) is 4.22. The van der Waals surface area contributed by atoms with Crippen molar-refractivity contribution >= 4 is 17.6 Å². The van der Waals surface area contributed by atoms with E-state index in [1.165, 1.54) is 7.11 Å². The molecule has 0 aromatic heterocycles. The van der Waals surface area contributed by atoms with Gasteiger partial charge in [-0.15, -0.1) is 0 Å². The van der Waals surface area contributed by atoms with E-state index >= 15 is 0 Å². The zero-order valence-electron chi connectivity index (χ0n) is 8.73. The first-order valence-corrected chi connectivity index (χ1v) is 4.85. The van der Waals surface area contributed by atoms with E-state index < -0.39 is 18.0 Å². The average molecular weight is 221 g/mol. The predicted molar refractivity (Wildman–Crippen MR) is 56.1 cm³/mol. The van der Waals surface area contributed by atoms with E-state index in [2.05, 4.69) is 10.1 Å². The molecule has 1 atom stereocenters. The van der Waals surface area contributed by atoms with Crippen LogP contribution in [0.5, 0.6) is 5.75 Å². The topological polar surface area (TPSA) is 64.6 Å². The molecule has 1 N–H and O–H groups in total. The molecule has 1 aliphatic heterocycles. The van der Waals surface area contributed by atoms with Gasteiger partial charge in [0.25, 0.3) is 0 Å². The molecule has 5 nitrogen and oxygen atoms in total. The molecule has 1 aliphatic rings. The van der Waals surface area contributed by atoms with Crippen molar-refractivity contribution in [1.82, 2.24) is 0 Å². The van der Waals surface area contributed by atoms with E-state index in [4.69, 9.17) is 4.74 Å². The summed E-state index contributed by atoms with van der Waals surface area (Å²) in [4.78, 5) is 22.6. The Labute approximate surface area is 92.4 Å². The normalized spacial score (nSPS) is 18.1. The summed E-state index contributed by atoms with van der Waals surface area (Å²) < 4.78 is 9.58. The quantitative estimate of drug-likeness (QED) is 0.595. The average Bonchev–Trinajstić information content (AvgIpc) is 2.30. The Morgan fingerprint density at radius 3 is 3.00 bits per heavy atom. The minimum atomic E-state index is -0.678. The maximum Gasteiger partial charge on any atom is 0.334 e. The van der Waals surface area contributed by atoms with Crippen LogP contribution < -0.4 is 10.1 Å². The molecule has 0 radical (unpaired) electrons. The molecular formula is C11H11NO4. The molecule has 84 valence electrons. The molecule has 0 saturated heterocycles. The lowest BCUT2D eigenvalue weighted by Gasteiger charge is -2.24. The van der Waals surface area contributed by atoms with E-state index in [1.807, 2.05) is 6.07 Å². The van der Waals surface area contributed by atoms with Crippen LogP contribution in [0.3, 0.4) is 0 Å². The number of nitrogens with one attached hydrogen (secondary N) is 1. The Balaban J connectivity index is 2.15. The monoisotopic (exact) mass is 221 g/mol. The van der Waals surface area contributed by atoms with Gasteiger partial charge in [-0.2, -0.15) is 0 Å². The van der Waals surface area contributed by atoms with Gasteiger partial charge in [-0.3, -0.25) is 4.79 Å². The van der Waals surface area contributed by atoms with Crippen LogP contribution in [-0.2, 0) is 14.3 Å². The number of hydrogen-bond acceptors (Lipinski definition) is 5. The maximum atomic E-state index is 11.5. The SMILES string of the molecule is COC(=O)CC1Nc2ccccc2OC1=O. The first-order chi connectivity index (χ1) is 7.70. The Bertz CT molecular complexity index is 430. The van der Waals surface area contributed by atoms with Gasteiger partial charge in [0.1, 0.15) is 6.04 Å². The third-order valence-corrected chi connectivity index (χ3v) is 2.31. The van der Waals surface area contributed by atoms with Crippen LogP contribution in [0.4, 0.5) is 5.69 Å². The van der Waals surface area contributed by atoms with Crippen LogP contribution in [0.25, 0.3) is 0 Å². The number of rotatable bonds is 2. The summed E-state index contributed by atoms with van der Waals surface area (Å²) in [7, 11) is 1.28. The van der Waals surface area contributed by atoms with Crippen molar-refractivity contribution in [1.29, 1.82) is 0 Å². The van der Waals surface area contributed by atoms with Gasteiger partial charge in [-0.05, 0) is 12.1 Å². The number of anilines is 1. The van der Waals surface area contributed by atoms with Crippen molar-refractivity contribution in [2.24, 2.45) is 0 Å². The van der Waals surface area contributed by atoms with Crippen LogP contribution in [0, 0.1) is 0 Å². The van der Waals surface area contributed by atoms with E-state index in [-0.39, 0.29) is 6.42 Å². The standard InChI is InChI=1S/C11H11NO4/c1-15-10(13)6-8-11(14)16-9-5-3-2-4-7(9)12-8/h2-5,8,12H,6H2,1H3. The molecule has 1 heterocycles. The molecule has 2 rings (SSSR count). The molecule has 1 aromatic carbocycles. The summed E-state index contributed by atoms with van der Waals surface area (Å²) in [5, 5.41) is 2.94. The summed E-state index contributed by atoms with van der Waals surface area (Å²) in [6, 6.07) is 6.39. The first-order valence-electron chi connectivity index (χ1n) is 4.85. The third kappa shape index (κ3) is 1.98. The minimum absolute atomic E-state index is 0.0380. The highest BCUT2D eigenvalue weighted by molar-refractivity contribution is 5.90. The van der Waals surface area contributed by atoms with E-state index in [9.17, 15) is 9.59 Å². The van der Waals surface area contributed by atoms with Crippen LogP contribution in [0.15, 0.2) is 24.3 Å². The van der Waals surface area contributed by atoms with E-state index in [0.29, 0.717) is 11.4 Å². The zero-order valence-corrected chi connectivity index (χ0v) is 8.73. The van der Waals surface area contributed by atoms with Gasteiger partial charge in [0.15, 0.2) is 5.75 Å². The number of hydrogen-bond donors (Lipinski definition) is 1. The Morgan fingerprint density at radius 2 is 2.25 bits per heavy atom. The van der Waals surface area contributed by atoms with Gasteiger partial charge in [0.05, 0.1) is 19.2 Å². The molecule has 0 saturated carbocycles. The van der Waals surface area contributed by atoms with Crippen LogP contribution in [0.2, 0.25) is 0 Å². The second-order valence-electron chi connectivity index (χ2n) is 3.39. The molecule has 1 aromatic rings. The van der Waals surface area contributed by atoms with Crippen molar-refractivity contribution in [2.75, 3.05) is 12.4 Å². The zero-order chi connectivity index (χ0) is 11.5. The molecule has 0 spiro atoms. The second-order valence-corrected chi connectivity index (χ2v) is 3.39. The number of ether oxygens (including phenoxy) is 2. The molecule has 5 heteroatoms. The van der Waals surface area contributed by atoms with Crippen molar-refractivity contribution in [3.8, 4) is 5.75 Å². The van der Waals surface area contributed by atoms with Crippen molar-refractivity contribution in [2.45, 2.75) is 12.5 Å². The first kappa shape index (κ1) is 10.5. The van der Waals surface area contributed by atoms with Gasteiger partial charge < -0.3 is 14.8 Å². The number of carbonyl (C=O) groups is 2. The van der Waals surface area contributed by atoms with Crippen molar-refractivity contribution in [3.05, 3.63) is 24.3 Å². The molecule has 1 unspecified atom stereocenters. The largest absolute Gasteiger partial charge is 0.469 e. The van der Waals surface area contributed by atoms with Gasteiger partial charge in [-0.25, -0.2) is 4.79 Å². The highest BCUT2D eigenvalue weighted by Crippen LogP contribution is 2.29. The van der Waals surface area contributed by atoms with Gasteiger partial charge in [0, 0.05) is 0 Å². The van der Waals surface area contributed by atoms with Gasteiger partial charge in [-0.1, -0.05) is 12.1 Å². The van der Waals surface area contributed by atoms with Gasteiger partial charge >= 0.3 is 11.9 Å². The smallest absolute Gasteiger partial charge is 0.334 e. The summed E-state index contributed by atoms with van der Waals surface area (Å²) in [6.45, 7) is 0. The number of carbonyl (C=O) groups excluding carboxylic acids is 2. The van der Waals surface area contributed by atoms with Crippen LogP contribution in [-0.4, -0.2) is 25.1 Å². The summed E-state index contributed by atoms with van der Waals surface area (Å²) >= 11 is 0. The lowest BCUT2D eigenvalue weighted by Crippen LogP contribution is -2.39. The highest BCUT2D eigenvalue weighted by Gasteiger charge is 2.29. The third-order valence-electron chi connectivity index (χ3n) is 2.31. The number of fused-ring (bicyclic) bond motifs is 1. The molecule has 0 fully saturated rings.